The Bertz CT molecular complexity index is 1180. The first kappa shape index (κ1) is 19.5. The van der Waals surface area contributed by atoms with Crippen molar-refractivity contribution in [1.29, 1.82) is 0 Å². The van der Waals surface area contributed by atoms with Crippen LogP contribution in [-0.2, 0) is 22.6 Å². The smallest absolute Gasteiger partial charge is 0.288 e. The molecule has 0 saturated carbocycles. The van der Waals surface area contributed by atoms with Gasteiger partial charge in [-0.25, -0.2) is 0 Å². The molecule has 0 aliphatic rings. The molecule has 4 rings (SSSR count). The Balaban J connectivity index is 1.79. The SMILES string of the molecule is Cc1c(NC(=O)C=O)c2c(OCc3ccccc3)cccn2c1Cc1ccccc1. The van der Waals surface area contributed by atoms with Gasteiger partial charge in [0.2, 0.25) is 6.29 Å². The minimum absolute atomic E-state index is 0.285. The van der Waals surface area contributed by atoms with Crippen LogP contribution in [0.15, 0.2) is 79.0 Å². The van der Waals surface area contributed by atoms with E-state index in [0.717, 1.165) is 27.9 Å². The van der Waals surface area contributed by atoms with Crippen LogP contribution in [0.25, 0.3) is 5.52 Å². The maximum absolute atomic E-state index is 11.9. The summed E-state index contributed by atoms with van der Waals surface area (Å²) in [4.78, 5) is 22.9. The van der Waals surface area contributed by atoms with E-state index in [4.69, 9.17) is 4.74 Å². The summed E-state index contributed by atoms with van der Waals surface area (Å²) < 4.78 is 8.15. The molecule has 4 aromatic rings. The van der Waals surface area contributed by atoms with Crippen LogP contribution >= 0.6 is 0 Å². The molecular weight excluding hydrogens is 376 g/mol. The quantitative estimate of drug-likeness (QED) is 0.367. The van der Waals surface area contributed by atoms with Crippen molar-refractivity contribution in [3.8, 4) is 5.75 Å². The third-order valence-corrected chi connectivity index (χ3v) is 5.10. The van der Waals surface area contributed by atoms with Gasteiger partial charge in [0, 0.05) is 18.3 Å². The van der Waals surface area contributed by atoms with Gasteiger partial charge in [-0.3, -0.25) is 9.59 Å². The Kier molecular flexibility index (Phi) is 5.61. The number of hydrogen-bond donors (Lipinski definition) is 1. The minimum Gasteiger partial charge on any atom is -0.487 e. The third-order valence-electron chi connectivity index (χ3n) is 5.10. The summed E-state index contributed by atoms with van der Waals surface area (Å²) >= 11 is 0. The van der Waals surface area contributed by atoms with Crippen LogP contribution in [0.4, 0.5) is 5.69 Å². The molecule has 5 nitrogen and oxygen atoms in total. The van der Waals surface area contributed by atoms with Crippen molar-refractivity contribution >= 4 is 23.4 Å². The van der Waals surface area contributed by atoms with Crippen LogP contribution in [0.3, 0.4) is 0 Å². The molecule has 0 radical (unpaired) electrons. The average molecular weight is 398 g/mol. The van der Waals surface area contributed by atoms with Crippen molar-refractivity contribution in [2.75, 3.05) is 5.32 Å². The summed E-state index contributed by atoms with van der Waals surface area (Å²) in [7, 11) is 0. The van der Waals surface area contributed by atoms with Crippen LogP contribution in [0.2, 0.25) is 0 Å². The maximum Gasteiger partial charge on any atom is 0.288 e. The van der Waals surface area contributed by atoms with E-state index in [2.05, 4.69) is 17.4 Å². The fourth-order valence-electron chi connectivity index (χ4n) is 3.62. The van der Waals surface area contributed by atoms with Crippen molar-refractivity contribution in [2.45, 2.75) is 20.0 Å². The topological polar surface area (TPSA) is 59.8 Å². The third kappa shape index (κ3) is 3.96. The first-order chi connectivity index (χ1) is 14.7. The van der Waals surface area contributed by atoms with E-state index in [1.165, 1.54) is 0 Å². The number of carbonyl (C=O) groups is 2. The molecule has 0 spiro atoms. The molecule has 1 N–H and O–H groups in total. The second kappa shape index (κ2) is 8.66. The van der Waals surface area contributed by atoms with Crippen LogP contribution in [0, 0.1) is 6.92 Å². The summed E-state index contributed by atoms with van der Waals surface area (Å²) in [5, 5.41) is 2.74. The molecule has 0 bridgehead atoms. The molecule has 2 aromatic carbocycles. The molecule has 1 amide bonds. The lowest BCUT2D eigenvalue weighted by molar-refractivity contribution is -0.127. The summed E-state index contributed by atoms with van der Waals surface area (Å²) in [5.41, 5.74) is 5.48. The van der Waals surface area contributed by atoms with Gasteiger partial charge in [-0.05, 0) is 35.7 Å². The molecule has 0 saturated heterocycles. The highest BCUT2D eigenvalue weighted by Crippen LogP contribution is 2.36. The predicted octanol–water partition coefficient (Wildman–Crippen LogP) is 4.55. The van der Waals surface area contributed by atoms with Crippen LogP contribution in [-0.4, -0.2) is 16.6 Å². The number of nitrogens with one attached hydrogen (secondary N) is 1. The number of aldehydes is 1. The van der Waals surface area contributed by atoms with E-state index in [9.17, 15) is 9.59 Å². The zero-order valence-corrected chi connectivity index (χ0v) is 16.7. The molecule has 2 heterocycles. The Labute approximate surface area is 174 Å². The number of fused-ring (bicyclic) bond motifs is 1. The van der Waals surface area contributed by atoms with Crippen LogP contribution in [0.1, 0.15) is 22.4 Å². The molecule has 0 atom stereocenters. The number of amides is 1. The molecule has 0 unspecified atom stereocenters. The van der Waals surface area contributed by atoms with E-state index < -0.39 is 5.91 Å². The van der Waals surface area contributed by atoms with Crippen molar-refractivity contribution in [3.05, 3.63) is 101 Å². The predicted molar refractivity (Wildman–Crippen MR) is 117 cm³/mol. The number of aromatic nitrogens is 1. The zero-order valence-electron chi connectivity index (χ0n) is 16.7. The fraction of sp³-hybridized carbons (Fsp3) is 0.120. The molecule has 0 aliphatic heterocycles. The van der Waals surface area contributed by atoms with Gasteiger partial charge in [0.15, 0.2) is 0 Å². The lowest BCUT2D eigenvalue weighted by atomic mass is 10.1. The number of ether oxygens (including phenoxy) is 1. The van der Waals surface area contributed by atoms with Gasteiger partial charge < -0.3 is 14.5 Å². The van der Waals surface area contributed by atoms with Gasteiger partial charge >= 0.3 is 0 Å². The number of pyridine rings is 1. The number of rotatable bonds is 7. The lowest BCUT2D eigenvalue weighted by Crippen LogP contribution is -2.13. The van der Waals surface area contributed by atoms with E-state index in [1.807, 2.05) is 78.2 Å². The number of carbonyl (C=O) groups excluding carboxylic acids is 2. The highest BCUT2D eigenvalue weighted by atomic mass is 16.5. The van der Waals surface area contributed by atoms with Crippen molar-refractivity contribution in [1.82, 2.24) is 4.40 Å². The molecule has 150 valence electrons. The van der Waals surface area contributed by atoms with Gasteiger partial charge in [0.05, 0.1) is 5.69 Å². The van der Waals surface area contributed by atoms with Crippen molar-refractivity contribution in [2.24, 2.45) is 0 Å². The average Bonchev–Trinajstić information content (AvgIpc) is 3.05. The van der Waals surface area contributed by atoms with E-state index in [-0.39, 0.29) is 6.29 Å². The minimum atomic E-state index is -0.685. The molecule has 5 heteroatoms. The molecule has 2 aromatic heterocycles. The first-order valence-corrected chi connectivity index (χ1v) is 9.76. The summed E-state index contributed by atoms with van der Waals surface area (Å²) in [6, 6.07) is 23.8. The Hall–Kier alpha value is -3.86. The first-order valence-electron chi connectivity index (χ1n) is 9.76. The van der Waals surface area contributed by atoms with Gasteiger partial charge in [-0.15, -0.1) is 0 Å². The van der Waals surface area contributed by atoms with E-state index in [0.29, 0.717) is 24.5 Å². The highest BCUT2D eigenvalue weighted by molar-refractivity contribution is 6.30. The Morgan fingerprint density at radius 1 is 0.967 bits per heavy atom. The largest absolute Gasteiger partial charge is 0.487 e. The lowest BCUT2D eigenvalue weighted by Gasteiger charge is -2.11. The maximum atomic E-state index is 11.9. The van der Waals surface area contributed by atoms with Gasteiger partial charge in [-0.2, -0.15) is 0 Å². The Morgan fingerprint density at radius 2 is 1.63 bits per heavy atom. The van der Waals surface area contributed by atoms with Gasteiger partial charge in [-0.1, -0.05) is 60.7 Å². The molecular formula is C25H22N2O3. The monoisotopic (exact) mass is 398 g/mol. The molecule has 30 heavy (non-hydrogen) atoms. The molecule has 0 fully saturated rings. The number of anilines is 1. The Morgan fingerprint density at radius 3 is 2.30 bits per heavy atom. The second-order valence-corrected chi connectivity index (χ2v) is 7.08. The number of nitrogens with zero attached hydrogens (tertiary/aromatic N) is 1. The second-order valence-electron chi connectivity index (χ2n) is 7.08. The number of benzene rings is 2. The summed E-state index contributed by atoms with van der Waals surface area (Å²) in [6.45, 7) is 2.35. The van der Waals surface area contributed by atoms with E-state index >= 15 is 0 Å². The van der Waals surface area contributed by atoms with Crippen molar-refractivity contribution in [3.63, 3.8) is 0 Å². The van der Waals surface area contributed by atoms with Crippen LogP contribution < -0.4 is 10.1 Å². The highest BCUT2D eigenvalue weighted by Gasteiger charge is 2.20. The molecule has 0 aliphatic carbocycles. The number of hydrogen-bond acceptors (Lipinski definition) is 3. The summed E-state index contributed by atoms with van der Waals surface area (Å²) in [6.07, 6.45) is 2.92. The van der Waals surface area contributed by atoms with Crippen molar-refractivity contribution < 1.29 is 14.3 Å². The normalized spacial score (nSPS) is 10.7. The van der Waals surface area contributed by atoms with Gasteiger partial charge in [0.1, 0.15) is 17.9 Å². The van der Waals surface area contributed by atoms with Crippen LogP contribution in [0.5, 0.6) is 5.75 Å². The fourth-order valence-corrected chi connectivity index (χ4v) is 3.62. The summed E-state index contributed by atoms with van der Waals surface area (Å²) in [5.74, 6) is -0.0420. The standard InChI is InChI=1S/C25H22N2O3/c1-18-21(15-19-9-4-2-5-10-19)27-14-8-13-22(25(27)24(18)26-23(29)16-28)30-17-20-11-6-3-7-12-20/h2-14,16H,15,17H2,1H3,(H,26,29). The van der Waals surface area contributed by atoms with Gasteiger partial charge in [0.25, 0.3) is 5.91 Å². The zero-order chi connectivity index (χ0) is 20.9. The van der Waals surface area contributed by atoms with E-state index in [1.54, 1.807) is 0 Å².